The summed E-state index contributed by atoms with van der Waals surface area (Å²) in [6.45, 7) is 4.54. The van der Waals surface area contributed by atoms with E-state index in [1.807, 2.05) is 43.3 Å². The number of hydrogen-bond donors (Lipinski definition) is 2. The van der Waals surface area contributed by atoms with E-state index in [2.05, 4.69) is 17.6 Å². The molecule has 0 unspecified atom stereocenters. The monoisotopic (exact) mass is 328 g/mol. The number of anilines is 1. The van der Waals surface area contributed by atoms with Crippen molar-refractivity contribution in [1.29, 1.82) is 0 Å². The molecule has 0 heterocycles. The van der Waals surface area contributed by atoms with E-state index in [4.69, 9.17) is 17.0 Å². The van der Waals surface area contributed by atoms with Crippen LogP contribution >= 0.6 is 12.2 Å². The molecule has 2 aromatic rings. The topological polar surface area (TPSA) is 50.4 Å². The van der Waals surface area contributed by atoms with Gasteiger partial charge in [0, 0.05) is 5.56 Å². The first-order chi connectivity index (χ1) is 11.1. The molecule has 0 saturated heterocycles. The fraction of sp³-hybridized carbons (Fsp3) is 0.222. The molecule has 2 rings (SSSR count). The number of aryl methyl sites for hydroxylation is 1. The molecule has 0 spiro atoms. The number of carbonyl (C=O) groups excluding carboxylic acids is 1. The van der Waals surface area contributed by atoms with Crippen LogP contribution in [0.15, 0.2) is 48.5 Å². The quantitative estimate of drug-likeness (QED) is 0.820. The van der Waals surface area contributed by atoms with Crippen LogP contribution in [0.4, 0.5) is 5.69 Å². The molecule has 5 heteroatoms. The van der Waals surface area contributed by atoms with Crippen LogP contribution in [0.1, 0.15) is 29.8 Å². The molecule has 0 radical (unpaired) electrons. The molecular formula is C18H20N2O2S. The molecule has 2 N–H and O–H groups in total. The van der Waals surface area contributed by atoms with Gasteiger partial charge >= 0.3 is 0 Å². The molecule has 0 fully saturated rings. The van der Waals surface area contributed by atoms with E-state index in [1.54, 1.807) is 12.1 Å². The molecule has 0 aromatic heterocycles. The Hall–Kier alpha value is -2.40. The van der Waals surface area contributed by atoms with Crippen molar-refractivity contribution < 1.29 is 9.53 Å². The third-order valence-electron chi connectivity index (χ3n) is 3.29. The Labute approximate surface area is 141 Å². The van der Waals surface area contributed by atoms with E-state index in [1.165, 1.54) is 5.56 Å². The zero-order chi connectivity index (χ0) is 16.7. The molecule has 0 bridgehead atoms. The standard InChI is InChI=1S/C18H20N2O2S/c1-3-13-9-11-14(12-10-13)17(21)20-18(23)19-15-7-5-6-8-16(15)22-4-2/h5-12H,3-4H2,1-2H3,(H2,19,20,21,23). The van der Waals surface area contributed by atoms with Crippen LogP contribution in [0.5, 0.6) is 5.75 Å². The summed E-state index contributed by atoms with van der Waals surface area (Å²) in [4.78, 5) is 12.2. The molecule has 0 aliphatic rings. The van der Waals surface area contributed by atoms with Crippen LogP contribution in [-0.4, -0.2) is 17.6 Å². The molecule has 0 atom stereocenters. The average Bonchev–Trinajstić information content (AvgIpc) is 2.57. The van der Waals surface area contributed by atoms with Gasteiger partial charge in [0.05, 0.1) is 12.3 Å². The van der Waals surface area contributed by atoms with Gasteiger partial charge in [0.2, 0.25) is 0 Å². The number of amides is 1. The molecule has 2 aromatic carbocycles. The van der Waals surface area contributed by atoms with Gasteiger partial charge in [-0.1, -0.05) is 31.2 Å². The molecule has 1 amide bonds. The zero-order valence-electron chi connectivity index (χ0n) is 13.3. The first kappa shape index (κ1) is 17.0. The van der Waals surface area contributed by atoms with E-state index in [-0.39, 0.29) is 11.0 Å². The minimum Gasteiger partial charge on any atom is -0.492 e. The maximum atomic E-state index is 12.2. The summed E-state index contributed by atoms with van der Waals surface area (Å²) in [6, 6.07) is 14.9. The highest BCUT2D eigenvalue weighted by molar-refractivity contribution is 7.80. The summed E-state index contributed by atoms with van der Waals surface area (Å²) >= 11 is 5.21. The van der Waals surface area contributed by atoms with Crippen molar-refractivity contribution in [3.05, 3.63) is 59.7 Å². The minimum atomic E-state index is -0.237. The molecule has 0 aliphatic carbocycles. The highest BCUT2D eigenvalue weighted by Gasteiger charge is 2.09. The number of benzene rings is 2. The van der Waals surface area contributed by atoms with Crippen molar-refractivity contribution in [2.75, 3.05) is 11.9 Å². The van der Waals surface area contributed by atoms with Crippen LogP contribution < -0.4 is 15.4 Å². The Balaban J connectivity index is 2.00. The normalized spacial score (nSPS) is 10.0. The van der Waals surface area contributed by atoms with E-state index in [9.17, 15) is 4.79 Å². The van der Waals surface area contributed by atoms with Crippen LogP contribution in [0.2, 0.25) is 0 Å². The number of hydrogen-bond acceptors (Lipinski definition) is 3. The van der Waals surface area contributed by atoms with E-state index >= 15 is 0 Å². The molecule has 4 nitrogen and oxygen atoms in total. The summed E-state index contributed by atoms with van der Waals surface area (Å²) in [5.74, 6) is 0.456. The van der Waals surface area contributed by atoms with Gasteiger partial charge in [0.15, 0.2) is 5.11 Å². The minimum absolute atomic E-state index is 0.237. The Kier molecular flexibility index (Phi) is 6.11. The second-order valence-corrected chi connectivity index (χ2v) is 5.30. The van der Waals surface area contributed by atoms with Crippen molar-refractivity contribution in [1.82, 2.24) is 5.32 Å². The largest absolute Gasteiger partial charge is 0.492 e. The second kappa shape index (κ2) is 8.29. The lowest BCUT2D eigenvalue weighted by Gasteiger charge is -2.13. The molecule has 23 heavy (non-hydrogen) atoms. The Morgan fingerprint density at radius 1 is 1.09 bits per heavy atom. The molecule has 0 saturated carbocycles. The zero-order valence-corrected chi connectivity index (χ0v) is 14.1. The van der Waals surface area contributed by atoms with Crippen LogP contribution in [0, 0.1) is 0 Å². The highest BCUT2D eigenvalue weighted by Crippen LogP contribution is 2.23. The van der Waals surface area contributed by atoms with Crippen molar-refractivity contribution in [2.24, 2.45) is 0 Å². The smallest absolute Gasteiger partial charge is 0.257 e. The number of thiocarbonyl (C=S) groups is 1. The Bertz CT molecular complexity index is 684. The number of rotatable bonds is 5. The second-order valence-electron chi connectivity index (χ2n) is 4.89. The summed E-state index contributed by atoms with van der Waals surface area (Å²) in [6.07, 6.45) is 0.941. The fourth-order valence-corrected chi connectivity index (χ4v) is 2.27. The van der Waals surface area contributed by atoms with Crippen molar-refractivity contribution in [3.63, 3.8) is 0 Å². The Morgan fingerprint density at radius 3 is 2.43 bits per heavy atom. The van der Waals surface area contributed by atoms with Gasteiger partial charge in [-0.2, -0.15) is 0 Å². The van der Waals surface area contributed by atoms with Gasteiger partial charge in [-0.3, -0.25) is 10.1 Å². The maximum absolute atomic E-state index is 12.2. The van der Waals surface area contributed by atoms with Crippen LogP contribution in [0.3, 0.4) is 0 Å². The average molecular weight is 328 g/mol. The van der Waals surface area contributed by atoms with Gasteiger partial charge in [-0.15, -0.1) is 0 Å². The van der Waals surface area contributed by atoms with Crippen LogP contribution in [-0.2, 0) is 6.42 Å². The van der Waals surface area contributed by atoms with Crippen molar-refractivity contribution in [3.8, 4) is 5.75 Å². The lowest BCUT2D eigenvalue weighted by Crippen LogP contribution is -2.34. The summed E-state index contributed by atoms with van der Waals surface area (Å²) in [7, 11) is 0. The third kappa shape index (κ3) is 4.79. The number of para-hydroxylation sites is 2. The van der Waals surface area contributed by atoms with Gasteiger partial charge < -0.3 is 10.1 Å². The highest BCUT2D eigenvalue weighted by atomic mass is 32.1. The van der Waals surface area contributed by atoms with E-state index in [0.29, 0.717) is 17.9 Å². The predicted molar refractivity (Wildman–Crippen MR) is 97.1 cm³/mol. The number of carbonyl (C=O) groups is 1. The summed E-state index contributed by atoms with van der Waals surface area (Å²) in [5.41, 5.74) is 2.48. The molecular weight excluding hydrogens is 308 g/mol. The van der Waals surface area contributed by atoms with Gasteiger partial charge in [0.1, 0.15) is 5.75 Å². The fourth-order valence-electron chi connectivity index (χ4n) is 2.07. The van der Waals surface area contributed by atoms with E-state index < -0.39 is 0 Å². The van der Waals surface area contributed by atoms with Crippen LogP contribution in [0.25, 0.3) is 0 Å². The number of ether oxygens (including phenoxy) is 1. The lowest BCUT2D eigenvalue weighted by atomic mass is 10.1. The maximum Gasteiger partial charge on any atom is 0.257 e. The Morgan fingerprint density at radius 2 is 1.78 bits per heavy atom. The lowest BCUT2D eigenvalue weighted by molar-refractivity contribution is 0.0977. The van der Waals surface area contributed by atoms with Gasteiger partial charge in [-0.05, 0) is 55.4 Å². The van der Waals surface area contributed by atoms with Gasteiger partial charge in [0.25, 0.3) is 5.91 Å². The first-order valence-corrected chi connectivity index (χ1v) is 7.98. The van der Waals surface area contributed by atoms with E-state index in [0.717, 1.165) is 12.1 Å². The van der Waals surface area contributed by atoms with Crippen molar-refractivity contribution in [2.45, 2.75) is 20.3 Å². The molecule has 120 valence electrons. The summed E-state index contributed by atoms with van der Waals surface area (Å²) in [5, 5.41) is 5.91. The third-order valence-corrected chi connectivity index (χ3v) is 3.49. The van der Waals surface area contributed by atoms with Gasteiger partial charge in [-0.25, -0.2) is 0 Å². The predicted octanol–water partition coefficient (Wildman–Crippen LogP) is 3.77. The molecule has 0 aliphatic heterocycles. The van der Waals surface area contributed by atoms with Crippen molar-refractivity contribution >= 4 is 28.9 Å². The number of nitrogens with one attached hydrogen (secondary N) is 2. The summed E-state index contributed by atoms with van der Waals surface area (Å²) < 4.78 is 5.52. The SMILES string of the molecule is CCOc1ccccc1NC(=S)NC(=O)c1ccc(CC)cc1. The first-order valence-electron chi connectivity index (χ1n) is 7.57.